The highest BCUT2D eigenvalue weighted by Gasteiger charge is 2.16. The van der Waals surface area contributed by atoms with Crippen molar-refractivity contribution >= 4 is 40.8 Å². The first-order valence-corrected chi connectivity index (χ1v) is 8.15. The number of anilines is 2. The van der Waals surface area contributed by atoms with Crippen molar-refractivity contribution in [3.8, 4) is 12.1 Å². The van der Waals surface area contributed by atoms with Crippen LogP contribution in [0.15, 0.2) is 29.3 Å². The van der Waals surface area contributed by atoms with Gasteiger partial charge in [-0.05, 0) is 30.7 Å². The second-order valence-corrected chi connectivity index (χ2v) is 6.28. The lowest BCUT2D eigenvalue weighted by atomic mass is 10.2. The maximum Gasteiger partial charge on any atom is 0.289 e. The average molecular weight is 359 g/mol. The van der Waals surface area contributed by atoms with Crippen molar-refractivity contribution < 1.29 is 9.78 Å². The third-order valence-corrected chi connectivity index (χ3v) is 4.39. The number of pyridine rings is 1. The number of thioether (sulfide) groups is 1. The first-order valence-electron chi connectivity index (χ1n) is 6.79. The largest absolute Gasteiger partial charge is 0.324 e. The van der Waals surface area contributed by atoms with Crippen LogP contribution < -0.4 is 16.0 Å². The summed E-state index contributed by atoms with van der Waals surface area (Å²) in [6.45, 7) is 1.90. The number of carbonyl (C=O) groups excluding carboxylic acids is 1. The van der Waals surface area contributed by atoms with Gasteiger partial charge in [-0.1, -0.05) is 29.4 Å². The summed E-state index contributed by atoms with van der Waals surface area (Å²) in [6.07, 6.45) is 0. The molecule has 6 nitrogen and oxygen atoms in total. The fourth-order valence-corrected chi connectivity index (χ4v) is 2.95. The number of nitrogens with zero attached hydrogens (tertiary/aromatic N) is 2. The van der Waals surface area contributed by atoms with Crippen molar-refractivity contribution in [3.05, 3.63) is 46.0 Å². The van der Waals surface area contributed by atoms with E-state index in [0.29, 0.717) is 15.7 Å². The lowest BCUT2D eigenvalue weighted by Crippen LogP contribution is -2.19. The second kappa shape index (κ2) is 7.69. The van der Waals surface area contributed by atoms with E-state index in [-0.39, 0.29) is 28.6 Å². The van der Waals surface area contributed by atoms with Crippen molar-refractivity contribution in [2.24, 2.45) is 0 Å². The van der Waals surface area contributed by atoms with E-state index in [1.807, 2.05) is 25.1 Å². The van der Waals surface area contributed by atoms with Crippen LogP contribution >= 0.6 is 23.4 Å². The first kappa shape index (κ1) is 17.6. The summed E-state index contributed by atoms with van der Waals surface area (Å²) in [4.78, 5) is 14.8. The summed E-state index contributed by atoms with van der Waals surface area (Å²) in [6, 6.07) is 10.6. The number of aromatic nitrogens is 1. The van der Waals surface area contributed by atoms with Crippen LogP contribution in [0.2, 0.25) is 5.02 Å². The number of aromatic amines is 1. The van der Waals surface area contributed by atoms with E-state index >= 15 is 0 Å². The summed E-state index contributed by atoms with van der Waals surface area (Å²) in [5.41, 5.74) is 7.66. The molecule has 1 aromatic heterocycles. The quantitative estimate of drug-likeness (QED) is 0.814. The van der Waals surface area contributed by atoms with Crippen molar-refractivity contribution in [2.75, 3.05) is 16.8 Å². The van der Waals surface area contributed by atoms with E-state index in [1.165, 1.54) is 6.07 Å². The molecule has 0 atom stereocenters. The molecule has 1 amide bonds. The number of rotatable bonds is 4. The molecule has 0 unspecified atom stereocenters. The summed E-state index contributed by atoms with van der Waals surface area (Å²) in [5.74, 6) is -0.0623. The molecule has 0 saturated carbocycles. The van der Waals surface area contributed by atoms with Gasteiger partial charge in [0.05, 0.1) is 16.5 Å². The van der Waals surface area contributed by atoms with Crippen molar-refractivity contribution in [1.29, 1.82) is 10.5 Å². The van der Waals surface area contributed by atoms with Gasteiger partial charge in [0.1, 0.15) is 23.3 Å². The lowest BCUT2D eigenvalue weighted by Gasteiger charge is -2.07. The van der Waals surface area contributed by atoms with Crippen molar-refractivity contribution in [2.45, 2.75) is 11.9 Å². The Hall–Kier alpha value is -2.74. The number of nitrogens with two attached hydrogens (primary N) is 1. The Labute approximate surface area is 148 Å². The van der Waals surface area contributed by atoms with Gasteiger partial charge in [0, 0.05) is 0 Å². The molecule has 2 rings (SSSR count). The van der Waals surface area contributed by atoms with Gasteiger partial charge in [0.2, 0.25) is 5.91 Å². The Bertz CT molecular complexity index is 885. The van der Waals surface area contributed by atoms with Crippen LogP contribution in [-0.2, 0) is 4.79 Å². The normalized spacial score (nSPS) is 9.83. The zero-order valence-corrected chi connectivity index (χ0v) is 14.3. The highest BCUT2D eigenvalue weighted by Crippen LogP contribution is 2.24. The Morgan fingerprint density at radius 2 is 2.04 bits per heavy atom. The molecule has 24 heavy (non-hydrogen) atoms. The molecular weight excluding hydrogens is 346 g/mol. The maximum absolute atomic E-state index is 12.1. The molecule has 0 bridgehead atoms. The van der Waals surface area contributed by atoms with Crippen LogP contribution in [0, 0.1) is 29.6 Å². The molecule has 8 heteroatoms. The monoisotopic (exact) mass is 358 g/mol. The van der Waals surface area contributed by atoms with E-state index in [1.54, 1.807) is 12.1 Å². The molecule has 0 aliphatic carbocycles. The van der Waals surface area contributed by atoms with Crippen LogP contribution in [0.4, 0.5) is 11.5 Å². The Morgan fingerprint density at radius 3 is 2.67 bits per heavy atom. The molecule has 2 aromatic rings. The number of hydrogen-bond donors (Lipinski definition) is 2. The zero-order chi connectivity index (χ0) is 17.7. The Balaban J connectivity index is 2.08. The third kappa shape index (κ3) is 4.17. The number of H-pyrrole nitrogens is 1. The minimum Gasteiger partial charge on any atom is -0.324 e. The van der Waals surface area contributed by atoms with Crippen LogP contribution in [-0.4, -0.2) is 11.7 Å². The molecule has 0 aliphatic heterocycles. The number of amides is 1. The standard InChI is InChI=1S/C16H12ClN5OS/c1-9-2-3-13(12(17)4-9)21-14(23)8-24-16-11(7-19)5-10(6-18)15(20)22-16/h2-5H,8H2,1H3,(H2,20,22)(H,21,23)/p+1. The van der Waals surface area contributed by atoms with E-state index in [2.05, 4.69) is 10.3 Å². The number of nitriles is 2. The topological polar surface area (TPSA) is 117 Å². The van der Waals surface area contributed by atoms with Crippen molar-refractivity contribution in [3.63, 3.8) is 0 Å². The molecule has 1 aromatic carbocycles. The molecule has 0 radical (unpaired) electrons. The van der Waals surface area contributed by atoms with E-state index in [9.17, 15) is 4.79 Å². The fourth-order valence-electron chi connectivity index (χ4n) is 1.88. The molecular formula is C16H13ClN5OS+. The highest BCUT2D eigenvalue weighted by atomic mass is 35.5. The van der Waals surface area contributed by atoms with Gasteiger partial charge in [0.15, 0.2) is 5.03 Å². The number of hydrogen-bond acceptors (Lipinski definition) is 5. The van der Waals surface area contributed by atoms with Gasteiger partial charge < -0.3 is 5.32 Å². The van der Waals surface area contributed by atoms with Crippen LogP contribution in [0.25, 0.3) is 0 Å². The molecule has 120 valence electrons. The minimum absolute atomic E-state index is 0.0563. The molecule has 0 spiro atoms. The SMILES string of the molecule is Cc1ccc(NC(=O)CSc2[nH+]c(N)c(C#N)cc2C#N)c(Cl)c1. The van der Waals surface area contributed by atoms with Gasteiger partial charge in [0.25, 0.3) is 5.82 Å². The Kier molecular flexibility index (Phi) is 5.64. The van der Waals surface area contributed by atoms with Gasteiger partial charge in [-0.2, -0.15) is 10.5 Å². The molecule has 0 aliphatic rings. The molecule has 4 N–H and O–H groups in total. The molecule has 0 fully saturated rings. The Morgan fingerprint density at radius 1 is 1.33 bits per heavy atom. The predicted molar refractivity (Wildman–Crippen MR) is 92.4 cm³/mol. The highest BCUT2D eigenvalue weighted by molar-refractivity contribution is 7.99. The number of halogens is 1. The maximum atomic E-state index is 12.1. The van der Waals surface area contributed by atoms with Gasteiger partial charge in [-0.3, -0.25) is 10.5 Å². The van der Waals surface area contributed by atoms with Crippen molar-refractivity contribution in [1.82, 2.24) is 0 Å². The van der Waals surface area contributed by atoms with Gasteiger partial charge >= 0.3 is 0 Å². The zero-order valence-electron chi connectivity index (χ0n) is 12.7. The van der Waals surface area contributed by atoms with Crippen LogP contribution in [0.1, 0.15) is 16.7 Å². The molecule has 0 saturated heterocycles. The number of carbonyl (C=O) groups is 1. The van der Waals surface area contributed by atoms with Gasteiger partial charge in [-0.25, -0.2) is 4.98 Å². The van der Waals surface area contributed by atoms with E-state index in [0.717, 1.165) is 17.3 Å². The summed E-state index contributed by atoms with van der Waals surface area (Å²) >= 11 is 7.19. The number of nitrogen functional groups attached to an aromatic ring is 1. The minimum atomic E-state index is -0.272. The van der Waals surface area contributed by atoms with E-state index in [4.69, 9.17) is 27.9 Å². The number of benzene rings is 1. The summed E-state index contributed by atoms with van der Waals surface area (Å²) in [5, 5.41) is 21.7. The smallest absolute Gasteiger partial charge is 0.289 e. The second-order valence-electron chi connectivity index (χ2n) is 4.88. The third-order valence-electron chi connectivity index (χ3n) is 3.06. The van der Waals surface area contributed by atoms with Crippen LogP contribution in [0.3, 0.4) is 0 Å². The van der Waals surface area contributed by atoms with Gasteiger partial charge in [-0.15, -0.1) is 0 Å². The molecule has 1 heterocycles. The predicted octanol–water partition coefficient (Wildman–Crippen LogP) is 2.52. The average Bonchev–Trinajstić information content (AvgIpc) is 2.55. The van der Waals surface area contributed by atoms with E-state index < -0.39 is 0 Å². The first-order chi connectivity index (χ1) is 11.4. The lowest BCUT2D eigenvalue weighted by molar-refractivity contribution is -0.410. The number of nitrogens with one attached hydrogen (secondary N) is 2. The van der Waals surface area contributed by atoms with Crippen LogP contribution in [0.5, 0.6) is 0 Å². The number of aryl methyl sites for hydroxylation is 1. The fraction of sp³-hybridized carbons (Fsp3) is 0.125. The summed E-state index contributed by atoms with van der Waals surface area (Å²) in [7, 11) is 0. The summed E-state index contributed by atoms with van der Waals surface area (Å²) < 4.78 is 0.